The summed E-state index contributed by atoms with van der Waals surface area (Å²) in [5.41, 5.74) is 0. The highest BCUT2D eigenvalue weighted by Gasteiger charge is 2.18. The van der Waals surface area contributed by atoms with Crippen LogP contribution in [0.4, 0.5) is 4.39 Å². The molecular weight excluding hydrogens is 174 g/mol. The van der Waals surface area contributed by atoms with Gasteiger partial charge < -0.3 is 14.3 Å². The van der Waals surface area contributed by atoms with E-state index < -0.39 is 7.32 Å². The zero-order chi connectivity index (χ0) is 9.68. The molecule has 0 bridgehead atoms. The van der Waals surface area contributed by atoms with E-state index in [9.17, 15) is 4.39 Å². The lowest BCUT2D eigenvalue weighted by atomic mass is 10.2. The van der Waals surface area contributed by atoms with Crippen molar-refractivity contribution in [1.82, 2.24) is 0 Å². The minimum absolute atomic E-state index is 0.316. The third-order valence-electron chi connectivity index (χ3n) is 1.26. The SMILES string of the molecule is C=COB(O)Oc1ccc(F)cc1. The molecule has 0 spiro atoms. The number of hydrogen-bond acceptors (Lipinski definition) is 3. The Morgan fingerprint density at radius 2 is 2.00 bits per heavy atom. The molecule has 1 aromatic carbocycles. The van der Waals surface area contributed by atoms with E-state index >= 15 is 0 Å². The Morgan fingerprint density at radius 3 is 2.54 bits per heavy atom. The molecule has 0 saturated carbocycles. The van der Waals surface area contributed by atoms with Crippen LogP contribution in [0.1, 0.15) is 0 Å². The Hall–Kier alpha value is -1.49. The van der Waals surface area contributed by atoms with Gasteiger partial charge in [0.2, 0.25) is 0 Å². The molecular formula is C8H8BFO3. The summed E-state index contributed by atoms with van der Waals surface area (Å²) in [4.78, 5) is 0. The highest BCUT2D eigenvalue weighted by molar-refractivity contribution is 6.35. The summed E-state index contributed by atoms with van der Waals surface area (Å²) in [5, 5.41) is 8.96. The number of benzene rings is 1. The fourth-order valence-electron chi connectivity index (χ4n) is 0.740. The van der Waals surface area contributed by atoms with Gasteiger partial charge in [-0.3, -0.25) is 0 Å². The first-order chi connectivity index (χ1) is 6.22. The zero-order valence-corrected chi connectivity index (χ0v) is 6.81. The van der Waals surface area contributed by atoms with Crippen LogP contribution in [-0.2, 0) is 4.65 Å². The Bertz CT molecular complexity index is 275. The molecule has 0 aliphatic rings. The van der Waals surface area contributed by atoms with Crippen LogP contribution < -0.4 is 4.65 Å². The minimum atomic E-state index is -1.41. The Kier molecular flexibility index (Phi) is 3.34. The van der Waals surface area contributed by atoms with Crippen LogP contribution >= 0.6 is 0 Å². The van der Waals surface area contributed by atoms with Crippen LogP contribution in [0.2, 0.25) is 0 Å². The molecule has 0 aliphatic heterocycles. The van der Waals surface area contributed by atoms with E-state index in [4.69, 9.17) is 9.68 Å². The second kappa shape index (κ2) is 4.52. The van der Waals surface area contributed by atoms with Gasteiger partial charge in [-0.05, 0) is 24.3 Å². The third-order valence-corrected chi connectivity index (χ3v) is 1.26. The van der Waals surface area contributed by atoms with Gasteiger partial charge in [0.25, 0.3) is 0 Å². The smallest absolute Gasteiger partial charge is 0.508 e. The molecule has 0 saturated heterocycles. The van der Waals surface area contributed by atoms with Crippen LogP contribution in [0.3, 0.4) is 0 Å². The summed E-state index contributed by atoms with van der Waals surface area (Å²) in [6, 6.07) is 5.20. The first kappa shape index (κ1) is 9.60. The summed E-state index contributed by atoms with van der Waals surface area (Å²) in [6.07, 6.45) is 1.05. The average Bonchev–Trinajstić information content (AvgIpc) is 2.09. The molecule has 0 atom stereocenters. The molecule has 5 heteroatoms. The average molecular weight is 182 g/mol. The van der Waals surface area contributed by atoms with Crippen LogP contribution in [0, 0.1) is 5.82 Å². The summed E-state index contributed by atoms with van der Waals surface area (Å²) < 4.78 is 21.7. The fourth-order valence-corrected chi connectivity index (χ4v) is 0.740. The van der Waals surface area contributed by atoms with Crippen LogP contribution in [-0.4, -0.2) is 12.3 Å². The molecule has 0 unspecified atom stereocenters. The molecule has 3 nitrogen and oxygen atoms in total. The molecule has 1 rings (SSSR count). The van der Waals surface area contributed by atoms with Crippen LogP contribution in [0.5, 0.6) is 5.75 Å². The highest BCUT2D eigenvalue weighted by atomic mass is 19.1. The molecule has 1 N–H and O–H groups in total. The maximum Gasteiger partial charge on any atom is 0.784 e. The number of rotatable bonds is 4. The molecule has 0 radical (unpaired) electrons. The minimum Gasteiger partial charge on any atom is -0.508 e. The van der Waals surface area contributed by atoms with Crippen molar-refractivity contribution in [2.24, 2.45) is 0 Å². The van der Waals surface area contributed by atoms with Gasteiger partial charge in [0.1, 0.15) is 11.6 Å². The molecule has 0 aliphatic carbocycles. The second-order valence-corrected chi connectivity index (χ2v) is 2.18. The predicted molar refractivity (Wildman–Crippen MR) is 46.3 cm³/mol. The van der Waals surface area contributed by atoms with Crippen molar-refractivity contribution < 1.29 is 18.7 Å². The summed E-state index contributed by atoms with van der Waals surface area (Å²) >= 11 is 0. The van der Waals surface area contributed by atoms with Crippen molar-refractivity contribution in [3.63, 3.8) is 0 Å². The van der Waals surface area contributed by atoms with Gasteiger partial charge in [0, 0.05) is 0 Å². The molecule has 0 aromatic heterocycles. The first-order valence-electron chi connectivity index (χ1n) is 3.59. The Morgan fingerprint density at radius 1 is 1.38 bits per heavy atom. The van der Waals surface area contributed by atoms with Gasteiger partial charge in [-0.25, -0.2) is 4.39 Å². The van der Waals surface area contributed by atoms with Crippen LogP contribution in [0.25, 0.3) is 0 Å². The maximum atomic E-state index is 12.4. The van der Waals surface area contributed by atoms with Gasteiger partial charge in [-0.2, -0.15) is 0 Å². The second-order valence-electron chi connectivity index (χ2n) is 2.18. The molecule has 0 heterocycles. The number of hydrogen-bond donors (Lipinski definition) is 1. The molecule has 1 aromatic rings. The van der Waals surface area contributed by atoms with Crippen molar-refractivity contribution in [2.45, 2.75) is 0 Å². The lowest BCUT2D eigenvalue weighted by molar-refractivity contribution is 0.267. The monoisotopic (exact) mass is 182 g/mol. The predicted octanol–water partition coefficient (Wildman–Crippen LogP) is 1.34. The highest BCUT2D eigenvalue weighted by Crippen LogP contribution is 2.11. The van der Waals surface area contributed by atoms with Gasteiger partial charge in [0.05, 0.1) is 6.26 Å². The Balaban J connectivity index is 2.53. The Labute approximate surface area is 75.6 Å². The maximum absolute atomic E-state index is 12.4. The summed E-state index contributed by atoms with van der Waals surface area (Å²) in [6.45, 7) is 3.23. The van der Waals surface area contributed by atoms with Gasteiger partial charge in [-0.1, -0.05) is 6.58 Å². The quantitative estimate of drug-likeness (QED) is 0.563. The van der Waals surface area contributed by atoms with E-state index in [2.05, 4.69) is 11.2 Å². The molecule has 0 amide bonds. The van der Waals surface area contributed by atoms with Crippen LogP contribution in [0.15, 0.2) is 37.1 Å². The third kappa shape index (κ3) is 3.17. The molecule has 0 fully saturated rings. The first-order valence-corrected chi connectivity index (χ1v) is 3.59. The topological polar surface area (TPSA) is 38.7 Å². The standard InChI is InChI=1S/C8H8BFO3/c1-2-12-9(11)13-8-5-3-7(10)4-6-8/h2-6,11H,1H2. The van der Waals surface area contributed by atoms with Crippen molar-refractivity contribution in [1.29, 1.82) is 0 Å². The van der Waals surface area contributed by atoms with E-state index in [0.717, 1.165) is 6.26 Å². The van der Waals surface area contributed by atoms with E-state index in [1.54, 1.807) is 0 Å². The van der Waals surface area contributed by atoms with E-state index in [1.165, 1.54) is 24.3 Å². The van der Waals surface area contributed by atoms with E-state index in [1.807, 2.05) is 0 Å². The molecule has 68 valence electrons. The zero-order valence-electron chi connectivity index (χ0n) is 6.81. The summed E-state index contributed by atoms with van der Waals surface area (Å²) in [7, 11) is -1.41. The largest absolute Gasteiger partial charge is 0.784 e. The lowest BCUT2D eigenvalue weighted by Gasteiger charge is -2.06. The van der Waals surface area contributed by atoms with Crippen molar-refractivity contribution in [3.05, 3.63) is 42.9 Å². The normalized spacial score (nSPS) is 9.08. The van der Waals surface area contributed by atoms with Gasteiger partial charge in [0.15, 0.2) is 0 Å². The van der Waals surface area contributed by atoms with E-state index in [0.29, 0.717) is 5.75 Å². The van der Waals surface area contributed by atoms with Crippen molar-refractivity contribution in [3.8, 4) is 5.75 Å². The van der Waals surface area contributed by atoms with Crippen molar-refractivity contribution in [2.75, 3.05) is 0 Å². The number of halogens is 1. The van der Waals surface area contributed by atoms with Crippen molar-refractivity contribution >= 4 is 7.32 Å². The summed E-state index contributed by atoms with van der Waals surface area (Å²) in [5.74, 6) is -0.0535. The lowest BCUT2D eigenvalue weighted by Crippen LogP contribution is -2.23. The fraction of sp³-hybridized carbons (Fsp3) is 0. The van der Waals surface area contributed by atoms with Gasteiger partial charge >= 0.3 is 7.32 Å². The van der Waals surface area contributed by atoms with E-state index in [-0.39, 0.29) is 5.82 Å². The van der Waals surface area contributed by atoms with Gasteiger partial charge in [-0.15, -0.1) is 0 Å². The molecule has 13 heavy (non-hydrogen) atoms.